The number of hydrogen-bond donors (Lipinski definition) is 4. The van der Waals surface area contributed by atoms with Gasteiger partial charge in [-0.1, -0.05) is 209 Å². The smallest absolute Gasteiger partial charge is 0.306 e. The second-order valence-electron chi connectivity index (χ2n) is 31.9. The van der Waals surface area contributed by atoms with Gasteiger partial charge in [0.25, 0.3) is 17.7 Å². The van der Waals surface area contributed by atoms with Crippen molar-refractivity contribution in [3.63, 3.8) is 0 Å². The minimum absolute atomic E-state index is 0.0109. The molecule has 0 spiro atoms. The van der Waals surface area contributed by atoms with Crippen molar-refractivity contribution < 1.29 is 57.3 Å². The molecule has 0 radical (unpaired) electrons. The first kappa shape index (κ1) is 104. The predicted octanol–water partition coefficient (Wildman–Crippen LogP) is 20.6. The predicted molar refractivity (Wildman–Crippen MR) is 457 cm³/mol. The monoisotopic (exact) mass is 1560 g/mol. The van der Waals surface area contributed by atoms with Gasteiger partial charge in [-0.25, -0.2) is 0 Å². The Morgan fingerprint density at radius 1 is 0.288 bits per heavy atom. The Kier molecular flexibility index (Phi) is 69.0. The van der Waals surface area contributed by atoms with Crippen molar-refractivity contribution in [3.8, 4) is 0 Å². The van der Waals surface area contributed by atoms with Gasteiger partial charge < -0.3 is 54.9 Å². The minimum atomic E-state index is -0.361. The van der Waals surface area contributed by atoms with Crippen LogP contribution in [0.15, 0.2) is 18.2 Å². The highest BCUT2D eigenvalue weighted by molar-refractivity contribution is 6.04. The Hall–Kier alpha value is -5.14. The van der Waals surface area contributed by atoms with E-state index in [1.807, 2.05) is 7.05 Å². The van der Waals surface area contributed by atoms with E-state index in [0.717, 1.165) is 328 Å². The number of ether oxygens (including phenoxy) is 4. The third-order valence-corrected chi connectivity index (χ3v) is 21.8. The average Bonchev–Trinajstić information content (AvgIpc) is 0.826. The molecule has 4 atom stereocenters. The number of carbonyl (C=O) groups excluding carboxylic acids is 8. The highest BCUT2D eigenvalue weighted by Crippen LogP contribution is 2.21. The van der Waals surface area contributed by atoms with Crippen molar-refractivity contribution in [1.29, 1.82) is 0 Å². The molecule has 0 heterocycles. The quantitative estimate of drug-likeness (QED) is 0.0270. The first-order valence-corrected chi connectivity index (χ1v) is 46.1. The zero-order chi connectivity index (χ0) is 81.4. The average molecular weight is 1570 g/mol. The van der Waals surface area contributed by atoms with E-state index in [1.54, 1.807) is 25.2 Å². The number of nitrogens with one attached hydrogen (secondary N) is 4. The fraction of sp³-hybridized carbons (Fsp3) is 0.848. The summed E-state index contributed by atoms with van der Waals surface area (Å²) in [7, 11) is 3.64. The van der Waals surface area contributed by atoms with E-state index < -0.39 is 0 Å². The molecule has 0 aliphatic carbocycles. The first-order valence-electron chi connectivity index (χ1n) is 46.1. The molecule has 0 saturated heterocycles. The molecular formula is C92H169N7O12. The maximum Gasteiger partial charge on any atom is 0.306 e. The molecular weight excluding hydrogens is 1400 g/mol. The largest absolute Gasteiger partial charge is 0.462 e. The van der Waals surface area contributed by atoms with Gasteiger partial charge in [-0.3, -0.25) is 38.4 Å². The molecule has 0 saturated carbocycles. The zero-order valence-corrected chi connectivity index (χ0v) is 73.0. The van der Waals surface area contributed by atoms with Crippen LogP contribution in [0.5, 0.6) is 0 Å². The van der Waals surface area contributed by atoms with Crippen LogP contribution >= 0.6 is 0 Å². The number of amides is 4. The van der Waals surface area contributed by atoms with Gasteiger partial charge in [0.2, 0.25) is 5.91 Å². The van der Waals surface area contributed by atoms with Crippen LogP contribution in [0.3, 0.4) is 0 Å². The number of unbranched alkanes of at least 4 members (excludes halogenated alkanes) is 28. The molecule has 0 fully saturated rings. The van der Waals surface area contributed by atoms with E-state index in [9.17, 15) is 38.4 Å². The van der Waals surface area contributed by atoms with Crippen LogP contribution < -0.4 is 21.3 Å². The fourth-order valence-electron chi connectivity index (χ4n) is 14.4. The summed E-state index contributed by atoms with van der Waals surface area (Å²) in [4.78, 5) is 112. The second-order valence-corrected chi connectivity index (χ2v) is 31.9. The topological polar surface area (TPSA) is 231 Å². The first-order chi connectivity index (χ1) is 54.0. The third kappa shape index (κ3) is 60.1. The molecule has 0 aliphatic rings. The summed E-state index contributed by atoms with van der Waals surface area (Å²) in [6.07, 6.45) is 51.3. The Morgan fingerprint density at radius 2 is 0.523 bits per heavy atom. The summed E-state index contributed by atoms with van der Waals surface area (Å²) in [5.41, 5.74) is 0.747. The summed E-state index contributed by atoms with van der Waals surface area (Å²) in [6.45, 7) is 25.3. The summed E-state index contributed by atoms with van der Waals surface area (Å²) < 4.78 is 23.2. The van der Waals surface area contributed by atoms with E-state index >= 15 is 0 Å². The van der Waals surface area contributed by atoms with Crippen LogP contribution in [0.1, 0.15) is 427 Å². The van der Waals surface area contributed by atoms with Crippen molar-refractivity contribution in [3.05, 3.63) is 34.9 Å². The Morgan fingerprint density at radius 3 is 0.775 bits per heavy atom. The Labute approximate surface area is 678 Å². The van der Waals surface area contributed by atoms with Crippen LogP contribution in [0.25, 0.3) is 0 Å². The molecule has 4 N–H and O–H groups in total. The molecule has 19 nitrogen and oxygen atoms in total. The lowest BCUT2D eigenvalue weighted by Gasteiger charge is -2.22. The number of hydrogen-bond acceptors (Lipinski definition) is 15. The van der Waals surface area contributed by atoms with E-state index in [1.165, 1.54) is 25.7 Å². The molecule has 111 heavy (non-hydrogen) atoms. The number of carbonyl (C=O) groups is 8. The van der Waals surface area contributed by atoms with Crippen molar-refractivity contribution in [2.75, 3.05) is 86.1 Å². The van der Waals surface area contributed by atoms with Gasteiger partial charge in [-0.2, -0.15) is 0 Å². The van der Waals surface area contributed by atoms with Crippen LogP contribution in [-0.2, 0) is 42.9 Å². The summed E-state index contributed by atoms with van der Waals surface area (Å²) in [5.74, 6) is -1.29. The van der Waals surface area contributed by atoms with Crippen molar-refractivity contribution in [2.24, 2.45) is 0 Å². The molecule has 0 bridgehead atoms. The highest BCUT2D eigenvalue weighted by Gasteiger charge is 2.21. The van der Waals surface area contributed by atoms with Crippen LogP contribution in [0, 0.1) is 0 Å². The minimum Gasteiger partial charge on any atom is -0.462 e. The summed E-state index contributed by atoms with van der Waals surface area (Å²) in [6, 6.07) is 4.78. The van der Waals surface area contributed by atoms with Crippen LogP contribution in [0.4, 0.5) is 0 Å². The van der Waals surface area contributed by atoms with Gasteiger partial charge >= 0.3 is 23.9 Å². The van der Waals surface area contributed by atoms with E-state index in [4.69, 9.17) is 18.9 Å². The molecule has 1 rings (SSSR count). The lowest BCUT2D eigenvalue weighted by molar-refractivity contribution is -0.150. The summed E-state index contributed by atoms with van der Waals surface area (Å²) in [5, 5.41) is 12.0. The SMILES string of the molecule is CCCCCC(CC)OC(=O)CCCCCCCCN(CCCCCCCCC(=O)OC(CC)CCCCC)CCCNC(=O)c1cc(C(=O)NCCCN(C)CCCC(=O)NC)cc(C(=O)NCCCN(CCCCCCCCC(=O)OC(CC)CCCCC)CCCCCCCCC(=O)OC(CC)CCCCC)c1. The van der Waals surface area contributed by atoms with Crippen molar-refractivity contribution in [1.82, 2.24) is 36.0 Å². The van der Waals surface area contributed by atoms with Crippen molar-refractivity contribution >= 4 is 47.5 Å². The Balaban J connectivity index is 3.17. The number of nitrogens with zero attached hydrogens (tertiary/aromatic N) is 3. The Bertz CT molecular complexity index is 2250. The zero-order valence-electron chi connectivity index (χ0n) is 73.0. The third-order valence-electron chi connectivity index (χ3n) is 21.8. The van der Waals surface area contributed by atoms with E-state index in [0.29, 0.717) is 58.2 Å². The van der Waals surface area contributed by atoms with Crippen LogP contribution in [-0.4, -0.2) is 173 Å². The van der Waals surface area contributed by atoms with E-state index in [2.05, 4.69) is 91.4 Å². The lowest BCUT2D eigenvalue weighted by Crippen LogP contribution is -2.33. The second kappa shape index (κ2) is 73.7. The molecule has 4 unspecified atom stereocenters. The lowest BCUT2D eigenvalue weighted by atomic mass is 10.0. The molecule has 644 valence electrons. The maximum absolute atomic E-state index is 14.2. The summed E-state index contributed by atoms with van der Waals surface area (Å²) >= 11 is 0. The van der Waals surface area contributed by atoms with Crippen molar-refractivity contribution in [2.45, 2.75) is 420 Å². The van der Waals surface area contributed by atoms with Gasteiger partial charge in [0.05, 0.1) is 0 Å². The van der Waals surface area contributed by atoms with Gasteiger partial charge in [0.1, 0.15) is 24.4 Å². The maximum atomic E-state index is 14.2. The highest BCUT2D eigenvalue weighted by atomic mass is 16.6. The molecule has 19 heteroatoms. The fourth-order valence-corrected chi connectivity index (χ4v) is 14.4. The molecule has 1 aromatic rings. The molecule has 4 amide bonds. The normalized spacial score (nSPS) is 12.6. The molecule has 0 aromatic heterocycles. The van der Waals surface area contributed by atoms with Gasteiger partial charge in [-0.15, -0.1) is 0 Å². The number of rotatable bonds is 79. The number of benzene rings is 1. The molecule has 1 aromatic carbocycles. The number of esters is 4. The van der Waals surface area contributed by atoms with E-state index in [-0.39, 0.29) is 88.6 Å². The molecule has 0 aliphatic heterocycles. The van der Waals surface area contributed by atoms with Gasteiger partial charge in [-0.05, 0) is 232 Å². The van der Waals surface area contributed by atoms with Crippen LogP contribution in [0.2, 0.25) is 0 Å². The van der Waals surface area contributed by atoms with Gasteiger partial charge in [0.15, 0.2) is 0 Å². The standard InChI is InChI=1S/C92H169N7O12/c1-11-19-39-55-81(15-5)108-86(101)60-43-31-23-27-35-47-69-98(70-48-36-28-24-32-44-61-87(102)109-82(16-6)56-40-20-12-2)73-53-65-95-91(106)79-75-78(90(105)94-64-52-68-97(10)67-51-59-85(100)93-9)76-80(77-79)92(107)96-66-54-74-99(71-49-37-29-25-33-45-62-88(103)110-83(17-7)57-41-21-13-3)72-50-38-30-26-34-46-63-89(104)111-84(18-8)58-42-22-14-4/h75-77,81-84H,11-74H2,1-10H3,(H,93,100)(H,94,105)(H,95,106)(H,96,107). The van der Waals surface area contributed by atoms with Gasteiger partial charge in [0, 0.05) is 75.5 Å².